The van der Waals surface area contributed by atoms with E-state index in [2.05, 4.69) is 29.1 Å². The van der Waals surface area contributed by atoms with E-state index < -0.39 is 0 Å². The summed E-state index contributed by atoms with van der Waals surface area (Å²) >= 11 is 3.35. The number of benzene rings is 1. The van der Waals surface area contributed by atoms with Crippen LogP contribution in [0.25, 0.3) is 0 Å². The van der Waals surface area contributed by atoms with E-state index in [0.717, 1.165) is 16.4 Å². The molecular weight excluding hydrogens is 266 g/mol. The molecule has 0 aliphatic rings. The van der Waals surface area contributed by atoms with Gasteiger partial charge in [-0.25, -0.2) is 0 Å². The summed E-state index contributed by atoms with van der Waals surface area (Å²) in [6.07, 6.45) is 4.47. The highest BCUT2D eigenvalue weighted by Gasteiger charge is 2.08. The fourth-order valence-electron chi connectivity index (χ4n) is 1.49. The lowest BCUT2D eigenvalue weighted by atomic mass is 10.1. The van der Waals surface area contributed by atoms with Gasteiger partial charge < -0.3 is 4.90 Å². The van der Waals surface area contributed by atoms with E-state index >= 15 is 0 Å². The van der Waals surface area contributed by atoms with Crippen LogP contribution >= 0.6 is 15.9 Å². The van der Waals surface area contributed by atoms with Crippen molar-refractivity contribution < 1.29 is 4.79 Å². The fraction of sp³-hybridized carbons (Fsp3) is 0.154. The van der Waals surface area contributed by atoms with Crippen LogP contribution in [0.5, 0.6) is 0 Å². The lowest BCUT2D eigenvalue weighted by molar-refractivity contribution is 0.112. The summed E-state index contributed by atoms with van der Waals surface area (Å²) in [5.74, 6) is 0. The van der Waals surface area contributed by atoms with Crippen LogP contribution in [0.4, 0.5) is 5.69 Å². The summed E-state index contributed by atoms with van der Waals surface area (Å²) in [6, 6.07) is 5.64. The lowest BCUT2D eigenvalue weighted by Crippen LogP contribution is -2.24. The van der Waals surface area contributed by atoms with Crippen LogP contribution in [0.2, 0.25) is 0 Å². The van der Waals surface area contributed by atoms with E-state index in [1.807, 2.05) is 23.1 Å². The molecule has 0 heterocycles. The molecule has 16 heavy (non-hydrogen) atoms. The predicted molar refractivity (Wildman–Crippen MR) is 72.1 cm³/mol. The molecule has 0 amide bonds. The number of halogens is 1. The Hall–Kier alpha value is -1.35. The largest absolute Gasteiger partial charge is 0.364 e. The van der Waals surface area contributed by atoms with Gasteiger partial charge >= 0.3 is 0 Å². The van der Waals surface area contributed by atoms with Crippen molar-refractivity contribution in [1.29, 1.82) is 0 Å². The maximum Gasteiger partial charge on any atom is 0.152 e. The van der Waals surface area contributed by atoms with E-state index in [-0.39, 0.29) is 0 Å². The van der Waals surface area contributed by atoms with Crippen molar-refractivity contribution in [2.45, 2.75) is 0 Å². The predicted octanol–water partition coefficient (Wildman–Crippen LogP) is 3.44. The Morgan fingerprint density at radius 2 is 1.88 bits per heavy atom. The second kappa shape index (κ2) is 6.28. The van der Waals surface area contributed by atoms with E-state index in [1.54, 1.807) is 12.2 Å². The van der Waals surface area contributed by atoms with Gasteiger partial charge in [0, 0.05) is 28.8 Å². The zero-order valence-corrected chi connectivity index (χ0v) is 10.6. The summed E-state index contributed by atoms with van der Waals surface area (Å²) in [6.45, 7) is 8.79. The van der Waals surface area contributed by atoms with Crippen molar-refractivity contribution in [1.82, 2.24) is 0 Å². The topological polar surface area (TPSA) is 20.3 Å². The minimum atomic E-state index is 0.665. The smallest absolute Gasteiger partial charge is 0.152 e. The molecule has 0 bridgehead atoms. The molecule has 84 valence electrons. The number of carbonyl (C=O) groups excluding carboxylic acids is 1. The van der Waals surface area contributed by atoms with E-state index in [1.165, 1.54) is 0 Å². The van der Waals surface area contributed by atoms with Gasteiger partial charge in [0.1, 0.15) is 0 Å². The highest BCUT2D eigenvalue weighted by atomic mass is 79.9. The normalized spacial score (nSPS) is 9.56. The Morgan fingerprint density at radius 3 is 2.38 bits per heavy atom. The molecule has 0 aromatic heterocycles. The SMILES string of the molecule is C=CCN(CC=C)c1ccc(Br)cc1C=O. The third kappa shape index (κ3) is 3.07. The Morgan fingerprint density at radius 1 is 1.25 bits per heavy atom. The first-order valence-electron chi connectivity index (χ1n) is 4.94. The number of aldehydes is 1. The monoisotopic (exact) mass is 279 g/mol. The van der Waals surface area contributed by atoms with Gasteiger partial charge in [0.15, 0.2) is 6.29 Å². The van der Waals surface area contributed by atoms with Crippen molar-refractivity contribution in [3.63, 3.8) is 0 Å². The van der Waals surface area contributed by atoms with Crippen LogP contribution < -0.4 is 4.90 Å². The van der Waals surface area contributed by atoms with Crippen molar-refractivity contribution in [3.05, 3.63) is 53.5 Å². The van der Waals surface area contributed by atoms with E-state index in [4.69, 9.17) is 0 Å². The van der Waals surface area contributed by atoms with Gasteiger partial charge in [-0.2, -0.15) is 0 Å². The second-order valence-corrected chi connectivity index (χ2v) is 4.22. The molecule has 1 rings (SSSR count). The van der Waals surface area contributed by atoms with Gasteiger partial charge in [-0.1, -0.05) is 28.1 Å². The van der Waals surface area contributed by atoms with Gasteiger partial charge in [-0.3, -0.25) is 4.79 Å². The molecule has 0 saturated carbocycles. The van der Waals surface area contributed by atoms with Crippen molar-refractivity contribution >= 4 is 27.9 Å². The summed E-state index contributed by atoms with van der Waals surface area (Å²) in [4.78, 5) is 13.0. The molecular formula is C13H14BrNO. The summed E-state index contributed by atoms with van der Waals surface area (Å²) < 4.78 is 0.899. The molecule has 0 atom stereocenters. The number of anilines is 1. The number of hydrogen-bond donors (Lipinski definition) is 0. The zero-order chi connectivity index (χ0) is 12.0. The van der Waals surface area contributed by atoms with Gasteiger partial charge in [-0.15, -0.1) is 13.2 Å². The fourth-order valence-corrected chi connectivity index (χ4v) is 1.87. The first-order chi connectivity index (χ1) is 7.72. The van der Waals surface area contributed by atoms with Gasteiger partial charge in [0.2, 0.25) is 0 Å². The maximum atomic E-state index is 11.0. The standard InChI is InChI=1S/C13H14BrNO/c1-3-7-15(8-4-2)13-6-5-12(14)9-11(13)10-16/h3-6,9-10H,1-2,7-8H2. The van der Waals surface area contributed by atoms with Crippen LogP contribution in [0.3, 0.4) is 0 Å². The molecule has 0 radical (unpaired) electrons. The highest BCUT2D eigenvalue weighted by Crippen LogP contribution is 2.23. The Bertz CT molecular complexity index is 391. The summed E-state index contributed by atoms with van der Waals surface area (Å²) in [7, 11) is 0. The first-order valence-corrected chi connectivity index (χ1v) is 5.73. The third-order valence-electron chi connectivity index (χ3n) is 2.16. The molecule has 0 saturated heterocycles. The number of hydrogen-bond acceptors (Lipinski definition) is 2. The minimum Gasteiger partial charge on any atom is -0.364 e. The van der Waals surface area contributed by atoms with Crippen molar-refractivity contribution in [2.24, 2.45) is 0 Å². The molecule has 2 nitrogen and oxygen atoms in total. The van der Waals surface area contributed by atoms with Crippen molar-refractivity contribution in [2.75, 3.05) is 18.0 Å². The van der Waals surface area contributed by atoms with Gasteiger partial charge in [0.05, 0.1) is 0 Å². The molecule has 0 fully saturated rings. The van der Waals surface area contributed by atoms with Crippen LogP contribution in [-0.2, 0) is 0 Å². The van der Waals surface area contributed by atoms with E-state index in [0.29, 0.717) is 18.7 Å². The van der Waals surface area contributed by atoms with Crippen LogP contribution in [0, 0.1) is 0 Å². The third-order valence-corrected chi connectivity index (χ3v) is 2.65. The molecule has 0 aliphatic carbocycles. The molecule has 0 spiro atoms. The summed E-state index contributed by atoms with van der Waals surface area (Å²) in [5.41, 5.74) is 1.57. The minimum absolute atomic E-state index is 0.665. The zero-order valence-electron chi connectivity index (χ0n) is 9.03. The average Bonchev–Trinajstić information content (AvgIpc) is 2.28. The maximum absolute atomic E-state index is 11.0. The Balaban J connectivity index is 3.11. The quantitative estimate of drug-likeness (QED) is 0.587. The van der Waals surface area contributed by atoms with Crippen LogP contribution in [-0.4, -0.2) is 19.4 Å². The molecule has 0 N–H and O–H groups in total. The Kier molecular flexibility index (Phi) is 4.99. The Labute approximate surface area is 104 Å². The summed E-state index contributed by atoms with van der Waals surface area (Å²) in [5, 5.41) is 0. The molecule has 1 aromatic rings. The highest BCUT2D eigenvalue weighted by molar-refractivity contribution is 9.10. The average molecular weight is 280 g/mol. The van der Waals surface area contributed by atoms with Gasteiger partial charge in [-0.05, 0) is 18.2 Å². The first kappa shape index (κ1) is 12.7. The van der Waals surface area contributed by atoms with Gasteiger partial charge in [0.25, 0.3) is 0 Å². The number of nitrogens with zero attached hydrogens (tertiary/aromatic N) is 1. The molecule has 1 aromatic carbocycles. The van der Waals surface area contributed by atoms with Crippen LogP contribution in [0.15, 0.2) is 48.0 Å². The second-order valence-electron chi connectivity index (χ2n) is 3.30. The molecule has 0 unspecified atom stereocenters. The number of carbonyl (C=O) groups is 1. The van der Waals surface area contributed by atoms with Crippen molar-refractivity contribution in [3.8, 4) is 0 Å². The molecule has 0 aliphatic heterocycles. The lowest BCUT2D eigenvalue weighted by Gasteiger charge is -2.23. The van der Waals surface area contributed by atoms with Crippen LogP contribution in [0.1, 0.15) is 10.4 Å². The van der Waals surface area contributed by atoms with E-state index in [9.17, 15) is 4.79 Å². The number of rotatable bonds is 6. The molecule has 3 heteroatoms.